The number of nitrogens with zero attached hydrogens (tertiary/aromatic N) is 6. The summed E-state index contributed by atoms with van der Waals surface area (Å²) in [6.07, 6.45) is 12.1. The zero-order valence-electron chi connectivity index (χ0n) is 24.5. The van der Waals surface area contributed by atoms with Crippen molar-refractivity contribution < 1.29 is 14.3 Å². The van der Waals surface area contributed by atoms with Crippen molar-refractivity contribution in [2.75, 3.05) is 11.9 Å². The van der Waals surface area contributed by atoms with Crippen molar-refractivity contribution in [3.05, 3.63) is 65.7 Å². The molecule has 0 bridgehead atoms. The van der Waals surface area contributed by atoms with Gasteiger partial charge in [0.2, 0.25) is 0 Å². The van der Waals surface area contributed by atoms with E-state index in [0.29, 0.717) is 34.1 Å². The summed E-state index contributed by atoms with van der Waals surface area (Å²) in [5, 5.41) is 34.4. The van der Waals surface area contributed by atoms with Gasteiger partial charge in [-0.25, -0.2) is 8.91 Å². The number of alkyl halides is 1. The Morgan fingerprint density at radius 2 is 1.93 bits per heavy atom. The molecular formula is C32H37FN8O2. The molecule has 2 fully saturated rings. The topological polar surface area (TPSA) is 133 Å². The maximum atomic E-state index is 14.4. The zero-order valence-corrected chi connectivity index (χ0v) is 24.5. The Bertz CT molecular complexity index is 1650. The second-order valence-electron chi connectivity index (χ2n) is 12.5. The van der Waals surface area contributed by atoms with Gasteiger partial charge < -0.3 is 15.7 Å². The molecule has 2 aliphatic rings. The van der Waals surface area contributed by atoms with Gasteiger partial charge in [0, 0.05) is 25.0 Å². The van der Waals surface area contributed by atoms with Crippen LogP contribution in [0.5, 0.6) is 0 Å². The Hall–Kier alpha value is -4.30. The number of anilines is 1. The first-order valence-corrected chi connectivity index (χ1v) is 15.0. The number of carbonyl (C=O) groups excluding carboxylic acids is 1. The summed E-state index contributed by atoms with van der Waals surface area (Å²) >= 11 is 0. The van der Waals surface area contributed by atoms with Crippen molar-refractivity contribution in [1.29, 1.82) is 5.26 Å². The van der Waals surface area contributed by atoms with E-state index in [-0.39, 0.29) is 12.6 Å². The molecule has 0 spiro atoms. The first-order valence-electron chi connectivity index (χ1n) is 15.0. The van der Waals surface area contributed by atoms with E-state index < -0.39 is 17.7 Å². The van der Waals surface area contributed by atoms with Crippen LogP contribution in [0.3, 0.4) is 0 Å². The lowest BCUT2D eigenvalue weighted by molar-refractivity contribution is -0.00177. The summed E-state index contributed by atoms with van der Waals surface area (Å²) in [4.78, 5) is 17.8. The van der Waals surface area contributed by atoms with E-state index in [1.807, 2.05) is 24.4 Å². The van der Waals surface area contributed by atoms with Crippen molar-refractivity contribution in [1.82, 2.24) is 29.7 Å². The fourth-order valence-corrected chi connectivity index (χ4v) is 5.72. The molecule has 224 valence electrons. The Labute approximate surface area is 249 Å². The van der Waals surface area contributed by atoms with Crippen molar-refractivity contribution in [3.63, 3.8) is 0 Å². The number of pyridine rings is 1. The van der Waals surface area contributed by atoms with Crippen LogP contribution >= 0.6 is 0 Å². The van der Waals surface area contributed by atoms with Gasteiger partial charge in [-0.15, -0.1) is 0 Å². The summed E-state index contributed by atoms with van der Waals surface area (Å²) in [7, 11) is 0. The summed E-state index contributed by atoms with van der Waals surface area (Å²) in [5.74, 6) is 0.773. The SMILES string of the molecule is CC(C)(O)[C@H](F)CNC(=O)c1cnc(-c2ccc3cc(C#N)cnn23)cc1NC1CCC(c2cnn(CC3CC3)c2)CC1. The number of nitriles is 1. The van der Waals surface area contributed by atoms with Crippen LogP contribution in [-0.2, 0) is 6.54 Å². The molecule has 11 heteroatoms. The molecule has 10 nitrogen and oxygen atoms in total. The monoisotopic (exact) mass is 584 g/mol. The standard InChI is InChI=1S/C32H37FN8O2/c1-32(2,43)30(33)17-36-31(42)26-16-35-28(29-10-9-25-11-21(13-34)14-38-41(25)29)12-27(26)39-24-7-5-22(6-8-24)23-15-37-40(19-23)18-20-3-4-20/h9-12,14-16,19-20,22,24,30,43H,3-8,17-18H2,1-2H3,(H,35,39)(H,36,42)/t22?,24?,30-/m1/s1. The predicted octanol–water partition coefficient (Wildman–Crippen LogP) is 4.85. The average Bonchev–Trinajstić information content (AvgIpc) is 3.52. The second kappa shape index (κ2) is 11.8. The van der Waals surface area contributed by atoms with Crippen LogP contribution < -0.4 is 10.6 Å². The highest BCUT2D eigenvalue weighted by Crippen LogP contribution is 2.36. The normalized spacial score (nSPS) is 19.6. The number of nitrogens with one attached hydrogen (secondary N) is 2. The fraction of sp³-hybridized carbons (Fsp3) is 0.469. The smallest absolute Gasteiger partial charge is 0.255 e. The van der Waals surface area contributed by atoms with Gasteiger partial charge in [-0.05, 0) is 94.0 Å². The number of hydrogen-bond donors (Lipinski definition) is 3. The molecule has 0 unspecified atom stereocenters. The molecule has 1 atom stereocenters. The molecular weight excluding hydrogens is 547 g/mol. The number of halogens is 1. The molecule has 2 saturated carbocycles. The molecule has 0 aromatic carbocycles. The Balaban J connectivity index is 1.21. The van der Waals surface area contributed by atoms with E-state index in [0.717, 1.165) is 43.7 Å². The Morgan fingerprint density at radius 1 is 1.14 bits per heavy atom. The summed E-state index contributed by atoms with van der Waals surface area (Å²) in [6.45, 7) is 3.43. The second-order valence-corrected chi connectivity index (χ2v) is 12.5. The minimum Gasteiger partial charge on any atom is -0.387 e. The minimum absolute atomic E-state index is 0.144. The number of carbonyl (C=O) groups is 1. The maximum Gasteiger partial charge on any atom is 0.255 e. The average molecular weight is 585 g/mol. The van der Waals surface area contributed by atoms with Crippen LogP contribution in [-0.4, -0.2) is 59.8 Å². The van der Waals surface area contributed by atoms with Crippen LogP contribution in [0.4, 0.5) is 10.1 Å². The van der Waals surface area contributed by atoms with Gasteiger partial charge in [0.25, 0.3) is 5.91 Å². The van der Waals surface area contributed by atoms with E-state index in [4.69, 9.17) is 0 Å². The summed E-state index contributed by atoms with van der Waals surface area (Å²) in [5.41, 5.74) is 3.17. The summed E-state index contributed by atoms with van der Waals surface area (Å²) < 4.78 is 18.2. The Kier molecular flexibility index (Phi) is 7.88. The van der Waals surface area contributed by atoms with Gasteiger partial charge in [-0.1, -0.05) is 0 Å². The first-order chi connectivity index (χ1) is 20.7. The third kappa shape index (κ3) is 6.54. The van der Waals surface area contributed by atoms with Gasteiger partial charge in [0.15, 0.2) is 0 Å². The number of hydrogen-bond acceptors (Lipinski definition) is 7. The van der Waals surface area contributed by atoms with Gasteiger partial charge in [-0.2, -0.15) is 15.5 Å². The Morgan fingerprint density at radius 3 is 2.65 bits per heavy atom. The predicted molar refractivity (Wildman–Crippen MR) is 160 cm³/mol. The van der Waals surface area contributed by atoms with Crippen LogP contribution in [0.1, 0.15) is 79.8 Å². The summed E-state index contributed by atoms with van der Waals surface area (Å²) in [6, 6.07) is 9.57. The van der Waals surface area contributed by atoms with E-state index in [1.165, 1.54) is 44.6 Å². The third-order valence-corrected chi connectivity index (χ3v) is 8.60. The molecule has 6 rings (SSSR count). The number of aromatic nitrogens is 5. The number of aliphatic hydroxyl groups is 1. The van der Waals surface area contributed by atoms with Crippen LogP contribution in [0.25, 0.3) is 16.9 Å². The number of rotatable bonds is 10. The lowest BCUT2D eigenvalue weighted by Gasteiger charge is -2.30. The molecule has 4 aromatic rings. The van der Waals surface area contributed by atoms with Crippen molar-refractivity contribution >= 4 is 17.1 Å². The van der Waals surface area contributed by atoms with E-state index in [2.05, 4.69) is 42.8 Å². The molecule has 0 saturated heterocycles. The largest absolute Gasteiger partial charge is 0.387 e. The molecule has 3 N–H and O–H groups in total. The molecule has 1 amide bonds. The van der Waals surface area contributed by atoms with E-state index in [1.54, 1.807) is 10.6 Å². The van der Waals surface area contributed by atoms with Gasteiger partial charge >= 0.3 is 0 Å². The van der Waals surface area contributed by atoms with Crippen LogP contribution in [0.15, 0.2) is 49.1 Å². The molecule has 0 aliphatic heterocycles. The van der Waals surface area contributed by atoms with Crippen LogP contribution in [0, 0.1) is 17.2 Å². The highest BCUT2D eigenvalue weighted by atomic mass is 19.1. The number of amides is 1. The maximum absolute atomic E-state index is 14.4. The fourth-order valence-electron chi connectivity index (χ4n) is 5.72. The molecule has 2 aliphatic carbocycles. The van der Waals surface area contributed by atoms with Crippen molar-refractivity contribution in [2.45, 2.75) is 82.6 Å². The van der Waals surface area contributed by atoms with Crippen molar-refractivity contribution in [3.8, 4) is 17.5 Å². The molecule has 4 heterocycles. The quantitative estimate of drug-likeness (QED) is 0.243. The molecule has 0 radical (unpaired) electrons. The van der Waals surface area contributed by atoms with Gasteiger partial charge in [0.1, 0.15) is 12.2 Å². The van der Waals surface area contributed by atoms with Crippen LogP contribution in [0.2, 0.25) is 0 Å². The lowest BCUT2D eigenvalue weighted by atomic mass is 9.83. The van der Waals surface area contributed by atoms with E-state index in [9.17, 15) is 19.6 Å². The minimum atomic E-state index is -1.62. The number of fused-ring (bicyclic) bond motifs is 1. The molecule has 43 heavy (non-hydrogen) atoms. The van der Waals surface area contributed by atoms with E-state index >= 15 is 0 Å². The van der Waals surface area contributed by atoms with Gasteiger partial charge in [-0.3, -0.25) is 14.5 Å². The first kappa shape index (κ1) is 28.8. The molecule has 4 aromatic heterocycles. The lowest BCUT2D eigenvalue weighted by Crippen LogP contribution is -2.42. The van der Waals surface area contributed by atoms with Crippen molar-refractivity contribution in [2.24, 2.45) is 5.92 Å². The zero-order chi connectivity index (χ0) is 30.1. The highest BCUT2D eigenvalue weighted by molar-refractivity contribution is 6.00. The third-order valence-electron chi connectivity index (χ3n) is 8.60. The van der Waals surface area contributed by atoms with Gasteiger partial charge in [0.05, 0.1) is 58.3 Å². The highest BCUT2D eigenvalue weighted by Gasteiger charge is 2.29.